The number of rotatable bonds is 2. The van der Waals surface area contributed by atoms with Crippen LogP contribution in [0, 0.1) is 11.3 Å². The first-order valence-corrected chi connectivity index (χ1v) is 5.28. The van der Waals surface area contributed by atoms with Crippen molar-refractivity contribution in [2.24, 2.45) is 11.3 Å². The summed E-state index contributed by atoms with van der Waals surface area (Å²) in [7, 11) is 0. The second-order valence-electron chi connectivity index (χ2n) is 4.24. The first-order chi connectivity index (χ1) is 5.19. The molecule has 2 unspecified atom stereocenters. The molecule has 66 valence electrons. The number of alkyl halides is 1. The Balaban J connectivity index is 2.49. The Morgan fingerprint density at radius 2 is 2.18 bits per heavy atom. The number of halogens is 1. The van der Waals surface area contributed by atoms with Crippen LogP contribution in [0.4, 0.5) is 0 Å². The average molecular weight is 175 g/mol. The monoisotopic (exact) mass is 174 g/mol. The highest BCUT2D eigenvalue weighted by Crippen LogP contribution is 2.43. The third-order valence-electron chi connectivity index (χ3n) is 3.49. The quantitative estimate of drug-likeness (QED) is 0.559. The van der Waals surface area contributed by atoms with Crippen molar-refractivity contribution in [3.63, 3.8) is 0 Å². The van der Waals surface area contributed by atoms with Crippen LogP contribution in [0.25, 0.3) is 0 Å². The fourth-order valence-electron chi connectivity index (χ4n) is 2.16. The van der Waals surface area contributed by atoms with Gasteiger partial charge < -0.3 is 0 Å². The van der Waals surface area contributed by atoms with Crippen molar-refractivity contribution >= 4 is 11.6 Å². The van der Waals surface area contributed by atoms with E-state index in [2.05, 4.69) is 13.8 Å². The minimum Gasteiger partial charge on any atom is -0.127 e. The summed E-state index contributed by atoms with van der Waals surface area (Å²) in [5, 5.41) is 0. The maximum Gasteiger partial charge on any atom is 0.0228 e. The minimum absolute atomic E-state index is 0.556. The van der Waals surface area contributed by atoms with E-state index in [-0.39, 0.29) is 0 Å². The van der Waals surface area contributed by atoms with E-state index < -0.39 is 0 Å². The van der Waals surface area contributed by atoms with Crippen molar-refractivity contribution < 1.29 is 0 Å². The molecule has 0 heterocycles. The molecule has 0 aromatic heterocycles. The lowest BCUT2D eigenvalue weighted by atomic mass is 9.67. The molecule has 1 fully saturated rings. The van der Waals surface area contributed by atoms with E-state index in [0.717, 1.165) is 11.8 Å². The molecule has 0 aromatic rings. The third-order valence-corrected chi connectivity index (χ3v) is 3.68. The second-order valence-corrected chi connectivity index (χ2v) is 4.62. The second kappa shape index (κ2) is 3.80. The zero-order chi connectivity index (χ0) is 8.32. The van der Waals surface area contributed by atoms with Crippen LogP contribution in [0.3, 0.4) is 0 Å². The van der Waals surface area contributed by atoms with Gasteiger partial charge in [-0.2, -0.15) is 0 Å². The van der Waals surface area contributed by atoms with Crippen LogP contribution in [0.2, 0.25) is 0 Å². The molecule has 0 N–H and O–H groups in total. The highest BCUT2D eigenvalue weighted by Gasteiger charge is 2.32. The molecule has 0 bridgehead atoms. The molecule has 1 rings (SSSR count). The Morgan fingerprint density at radius 3 is 2.73 bits per heavy atom. The van der Waals surface area contributed by atoms with E-state index in [1.165, 1.54) is 32.1 Å². The van der Waals surface area contributed by atoms with Gasteiger partial charge in [0, 0.05) is 5.88 Å². The fourth-order valence-corrected chi connectivity index (χ4v) is 2.59. The first kappa shape index (κ1) is 9.38. The van der Waals surface area contributed by atoms with E-state index in [4.69, 9.17) is 11.6 Å². The lowest BCUT2D eigenvalue weighted by Crippen LogP contribution is -2.29. The topological polar surface area (TPSA) is 0 Å². The van der Waals surface area contributed by atoms with E-state index in [0.29, 0.717) is 5.41 Å². The highest BCUT2D eigenvalue weighted by molar-refractivity contribution is 6.17. The molecule has 1 aliphatic carbocycles. The van der Waals surface area contributed by atoms with Gasteiger partial charge in [-0.1, -0.05) is 33.1 Å². The summed E-state index contributed by atoms with van der Waals surface area (Å²) < 4.78 is 0. The Morgan fingerprint density at radius 1 is 1.45 bits per heavy atom. The predicted molar refractivity (Wildman–Crippen MR) is 51.1 cm³/mol. The molecule has 1 saturated carbocycles. The van der Waals surface area contributed by atoms with Gasteiger partial charge in [0.05, 0.1) is 0 Å². The Labute approximate surface area is 75.3 Å². The van der Waals surface area contributed by atoms with Crippen molar-refractivity contribution in [2.75, 3.05) is 5.88 Å². The first-order valence-electron chi connectivity index (χ1n) is 4.75. The maximum absolute atomic E-state index is 5.79. The molecule has 11 heavy (non-hydrogen) atoms. The van der Waals surface area contributed by atoms with Gasteiger partial charge in [-0.3, -0.25) is 0 Å². The maximum atomic E-state index is 5.79. The van der Waals surface area contributed by atoms with Crippen LogP contribution >= 0.6 is 11.6 Å². The molecular weight excluding hydrogens is 156 g/mol. The molecule has 2 atom stereocenters. The van der Waals surface area contributed by atoms with Gasteiger partial charge in [0.2, 0.25) is 0 Å². The van der Waals surface area contributed by atoms with Gasteiger partial charge in [-0.15, -0.1) is 11.6 Å². The van der Waals surface area contributed by atoms with E-state index in [1.54, 1.807) is 0 Å². The summed E-state index contributed by atoms with van der Waals surface area (Å²) in [6.45, 7) is 4.78. The molecule has 0 saturated heterocycles. The van der Waals surface area contributed by atoms with Crippen LogP contribution in [-0.2, 0) is 0 Å². The van der Waals surface area contributed by atoms with Crippen LogP contribution in [-0.4, -0.2) is 5.88 Å². The molecule has 0 spiro atoms. The molecule has 0 aromatic carbocycles. The normalized spacial score (nSPS) is 39.0. The summed E-state index contributed by atoms with van der Waals surface area (Å²) >= 11 is 5.79. The van der Waals surface area contributed by atoms with Gasteiger partial charge in [-0.25, -0.2) is 0 Å². The Bertz CT molecular complexity index is 118. The molecular formula is C10H19Cl. The van der Waals surface area contributed by atoms with Crippen LogP contribution in [0.1, 0.15) is 46.0 Å². The molecule has 0 aliphatic heterocycles. The predicted octanol–water partition coefficient (Wildman–Crippen LogP) is 3.83. The van der Waals surface area contributed by atoms with Gasteiger partial charge in [0.1, 0.15) is 0 Å². The van der Waals surface area contributed by atoms with E-state index >= 15 is 0 Å². The van der Waals surface area contributed by atoms with E-state index in [1.807, 2.05) is 0 Å². The standard InChI is InChI=1S/C10H19Cl/c1-9-5-3-4-6-10(9,2)7-8-11/h9H,3-8H2,1-2H3. The summed E-state index contributed by atoms with van der Waals surface area (Å²) in [5.74, 6) is 1.72. The average Bonchev–Trinajstić information content (AvgIpc) is 1.96. The Kier molecular flexibility index (Phi) is 3.24. The lowest BCUT2D eigenvalue weighted by Gasteiger charge is -2.39. The zero-order valence-corrected chi connectivity index (χ0v) is 8.45. The minimum atomic E-state index is 0.556. The summed E-state index contributed by atoms with van der Waals surface area (Å²) in [5.41, 5.74) is 0.556. The van der Waals surface area contributed by atoms with Crippen molar-refractivity contribution in [1.29, 1.82) is 0 Å². The van der Waals surface area contributed by atoms with Crippen molar-refractivity contribution in [3.05, 3.63) is 0 Å². The summed E-state index contributed by atoms with van der Waals surface area (Å²) in [6.07, 6.45) is 6.85. The Hall–Kier alpha value is 0.290. The highest BCUT2D eigenvalue weighted by atomic mass is 35.5. The smallest absolute Gasteiger partial charge is 0.0228 e. The largest absolute Gasteiger partial charge is 0.127 e. The van der Waals surface area contributed by atoms with Gasteiger partial charge in [0.25, 0.3) is 0 Å². The van der Waals surface area contributed by atoms with Gasteiger partial charge >= 0.3 is 0 Å². The lowest BCUT2D eigenvalue weighted by molar-refractivity contribution is 0.126. The van der Waals surface area contributed by atoms with E-state index in [9.17, 15) is 0 Å². The van der Waals surface area contributed by atoms with Crippen LogP contribution < -0.4 is 0 Å². The molecule has 0 amide bonds. The summed E-state index contributed by atoms with van der Waals surface area (Å²) in [4.78, 5) is 0. The SMILES string of the molecule is CC1CCCCC1(C)CCCl. The molecule has 0 radical (unpaired) electrons. The fraction of sp³-hybridized carbons (Fsp3) is 1.00. The zero-order valence-electron chi connectivity index (χ0n) is 7.70. The third kappa shape index (κ3) is 2.11. The molecule has 0 nitrogen and oxygen atoms in total. The van der Waals surface area contributed by atoms with Crippen LogP contribution in [0.5, 0.6) is 0 Å². The number of hydrogen-bond donors (Lipinski definition) is 0. The summed E-state index contributed by atoms with van der Waals surface area (Å²) in [6, 6.07) is 0. The van der Waals surface area contributed by atoms with Crippen molar-refractivity contribution in [2.45, 2.75) is 46.0 Å². The van der Waals surface area contributed by atoms with Gasteiger partial charge in [0.15, 0.2) is 0 Å². The van der Waals surface area contributed by atoms with Gasteiger partial charge in [-0.05, 0) is 24.2 Å². The van der Waals surface area contributed by atoms with Crippen LogP contribution in [0.15, 0.2) is 0 Å². The van der Waals surface area contributed by atoms with Crippen molar-refractivity contribution in [3.8, 4) is 0 Å². The molecule has 1 heteroatoms. The molecule has 1 aliphatic rings. The van der Waals surface area contributed by atoms with Crippen molar-refractivity contribution in [1.82, 2.24) is 0 Å². The number of hydrogen-bond acceptors (Lipinski definition) is 0.